The van der Waals surface area contributed by atoms with Crippen LogP contribution in [0.1, 0.15) is 37.2 Å². The van der Waals surface area contributed by atoms with Gasteiger partial charge in [-0.05, 0) is 25.7 Å². The highest BCUT2D eigenvalue weighted by Gasteiger charge is 2.31. The van der Waals surface area contributed by atoms with Crippen LogP contribution >= 0.6 is 11.6 Å². The summed E-state index contributed by atoms with van der Waals surface area (Å²) in [6, 6.07) is 0.416. The van der Waals surface area contributed by atoms with E-state index in [-0.39, 0.29) is 0 Å². The van der Waals surface area contributed by atoms with E-state index in [0.717, 1.165) is 17.3 Å². The molecule has 0 N–H and O–H groups in total. The first-order valence-corrected chi connectivity index (χ1v) is 5.79. The first-order valence-electron chi connectivity index (χ1n) is 5.25. The molecule has 0 amide bonds. The van der Waals surface area contributed by atoms with Crippen molar-refractivity contribution < 1.29 is 4.74 Å². The summed E-state index contributed by atoms with van der Waals surface area (Å²) in [7, 11) is 1.68. The van der Waals surface area contributed by atoms with Crippen molar-refractivity contribution in [2.45, 2.75) is 38.3 Å². The fourth-order valence-electron chi connectivity index (χ4n) is 1.84. The maximum atomic E-state index is 5.81. The molecular formula is C10H16ClN3O. The molecule has 1 aromatic heterocycles. The van der Waals surface area contributed by atoms with Gasteiger partial charge in [0.25, 0.3) is 0 Å². The molecule has 1 atom stereocenters. The Morgan fingerprint density at radius 1 is 1.60 bits per heavy atom. The smallest absolute Gasteiger partial charge is 0.103 e. The van der Waals surface area contributed by atoms with Gasteiger partial charge in [-0.3, -0.25) is 0 Å². The van der Waals surface area contributed by atoms with Crippen molar-refractivity contribution in [3.8, 4) is 0 Å². The number of rotatable bonds is 5. The average molecular weight is 230 g/mol. The molecule has 1 saturated carbocycles. The van der Waals surface area contributed by atoms with E-state index >= 15 is 0 Å². The maximum absolute atomic E-state index is 5.81. The number of aromatic nitrogens is 3. The predicted molar refractivity (Wildman–Crippen MR) is 57.7 cm³/mol. The molecule has 1 heterocycles. The zero-order chi connectivity index (χ0) is 10.8. The van der Waals surface area contributed by atoms with Crippen LogP contribution in [-0.4, -0.2) is 22.1 Å². The Labute approximate surface area is 94.6 Å². The van der Waals surface area contributed by atoms with E-state index in [0.29, 0.717) is 18.5 Å². The maximum Gasteiger partial charge on any atom is 0.103 e. The fraction of sp³-hybridized carbons (Fsp3) is 0.800. The van der Waals surface area contributed by atoms with Gasteiger partial charge in [-0.2, -0.15) is 0 Å². The van der Waals surface area contributed by atoms with Crippen molar-refractivity contribution in [3.63, 3.8) is 0 Å². The van der Waals surface area contributed by atoms with E-state index < -0.39 is 0 Å². The monoisotopic (exact) mass is 229 g/mol. The van der Waals surface area contributed by atoms with Crippen molar-refractivity contribution in [3.05, 3.63) is 11.4 Å². The van der Waals surface area contributed by atoms with Crippen LogP contribution in [0, 0.1) is 5.92 Å². The van der Waals surface area contributed by atoms with E-state index in [2.05, 4.69) is 17.2 Å². The van der Waals surface area contributed by atoms with Crippen molar-refractivity contribution in [1.82, 2.24) is 15.0 Å². The van der Waals surface area contributed by atoms with Crippen LogP contribution in [0.4, 0.5) is 0 Å². The number of ether oxygens (including phenoxy) is 1. The van der Waals surface area contributed by atoms with Crippen LogP contribution < -0.4 is 0 Å². The molecule has 0 bridgehead atoms. The van der Waals surface area contributed by atoms with Crippen molar-refractivity contribution in [2.24, 2.45) is 5.92 Å². The summed E-state index contributed by atoms with van der Waals surface area (Å²) in [5.41, 5.74) is 1.86. The van der Waals surface area contributed by atoms with Gasteiger partial charge in [0.05, 0.1) is 24.2 Å². The first kappa shape index (κ1) is 10.9. The molecule has 0 saturated heterocycles. The Morgan fingerprint density at radius 3 is 2.87 bits per heavy atom. The number of methoxy groups -OCH3 is 1. The van der Waals surface area contributed by atoms with E-state index in [1.54, 1.807) is 7.11 Å². The molecule has 1 aromatic rings. The highest BCUT2D eigenvalue weighted by atomic mass is 35.5. The molecule has 1 aliphatic carbocycles. The molecule has 15 heavy (non-hydrogen) atoms. The average Bonchev–Trinajstić information content (AvgIpc) is 3.00. The standard InChI is InChI=1S/C10H16ClN3O/c1-7(8-3-4-8)14-10(6-15-2)9(5-11)12-13-14/h7-8H,3-6H2,1-2H3. The highest BCUT2D eigenvalue weighted by molar-refractivity contribution is 6.16. The Kier molecular flexibility index (Phi) is 3.26. The molecule has 2 rings (SSSR count). The summed E-state index contributed by atoms with van der Waals surface area (Å²) in [4.78, 5) is 0. The molecule has 4 nitrogen and oxygen atoms in total. The third kappa shape index (κ3) is 2.16. The summed E-state index contributed by atoms with van der Waals surface area (Å²) in [6.07, 6.45) is 2.59. The summed E-state index contributed by atoms with van der Waals surface area (Å²) < 4.78 is 7.13. The van der Waals surface area contributed by atoms with E-state index in [9.17, 15) is 0 Å². The van der Waals surface area contributed by atoms with Gasteiger partial charge in [-0.1, -0.05) is 5.21 Å². The number of hydrogen-bond donors (Lipinski definition) is 0. The zero-order valence-electron chi connectivity index (χ0n) is 9.11. The van der Waals surface area contributed by atoms with E-state index in [1.165, 1.54) is 12.8 Å². The largest absolute Gasteiger partial charge is 0.378 e. The quantitative estimate of drug-likeness (QED) is 0.727. The second-order valence-corrected chi connectivity index (χ2v) is 4.34. The lowest BCUT2D eigenvalue weighted by Gasteiger charge is -2.13. The van der Waals surface area contributed by atoms with Crippen LogP contribution in [0.15, 0.2) is 0 Å². The van der Waals surface area contributed by atoms with Gasteiger partial charge in [0.1, 0.15) is 5.69 Å². The molecule has 0 spiro atoms. The Balaban J connectivity index is 2.24. The van der Waals surface area contributed by atoms with E-state index in [1.807, 2.05) is 4.68 Å². The van der Waals surface area contributed by atoms with Gasteiger partial charge in [0.15, 0.2) is 0 Å². The minimum atomic E-state index is 0.399. The van der Waals surface area contributed by atoms with E-state index in [4.69, 9.17) is 16.3 Å². The number of alkyl halides is 1. The minimum absolute atomic E-state index is 0.399. The summed E-state index contributed by atoms with van der Waals surface area (Å²) in [5.74, 6) is 1.15. The van der Waals surface area contributed by atoms with Gasteiger partial charge in [-0.15, -0.1) is 16.7 Å². The van der Waals surface area contributed by atoms with Crippen molar-refractivity contribution in [2.75, 3.05) is 7.11 Å². The van der Waals surface area contributed by atoms with Crippen LogP contribution in [0.5, 0.6) is 0 Å². The van der Waals surface area contributed by atoms with Gasteiger partial charge in [0.2, 0.25) is 0 Å². The minimum Gasteiger partial charge on any atom is -0.378 e. The normalized spacial score (nSPS) is 18.1. The molecule has 0 aliphatic heterocycles. The number of nitrogens with zero attached hydrogens (tertiary/aromatic N) is 3. The number of halogens is 1. The molecule has 1 unspecified atom stereocenters. The van der Waals surface area contributed by atoms with Crippen LogP contribution in [0.2, 0.25) is 0 Å². The summed E-state index contributed by atoms with van der Waals surface area (Å²) >= 11 is 5.81. The van der Waals surface area contributed by atoms with Gasteiger partial charge in [0, 0.05) is 7.11 Å². The lowest BCUT2D eigenvalue weighted by Crippen LogP contribution is -2.13. The van der Waals surface area contributed by atoms with Gasteiger partial charge in [-0.25, -0.2) is 4.68 Å². The lowest BCUT2D eigenvalue weighted by molar-refractivity contribution is 0.173. The first-order chi connectivity index (χ1) is 7.27. The Bertz CT molecular complexity index is 335. The second kappa shape index (κ2) is 4.49. The second-order valence-electron chi connectivity index (χ2n) is 4.07. The Morgan fingerprint density at radius 2 is 2.33 bits per heavy atom. The van der Waals surface area contributed by atoms with Crippen molar-refractivity contribution >= 4 is 11.6 Å². The topological polar surface area (TPSA) is 39.9 Å². The molecule has 84 valence electrons. The molecule has 0 radical (unpaired) electrons. The number of hydrogen-bond acceptors (Lipinski definition) is 3. The van der Waals surface area contributed by atoms with Crippen LogP contribution in [0.3, 0.4) is 0 Å². The zero-order valence-corrected chi connectivity index (χ0v) is 9.87. The molecule has 5 heteroatoms. The third-order valence-electron chi connectivity index (χ3n) is 2.97. The predicted octanol–water partition coefficient (Wildman–Crippen LogP) is 2.13. The Hall–Kier alpha value is -0.610. The molecule has 1 aliphatic rings. The SMILES string of the molecule is COCc1c(CCl)nnn1C(C)C1CC1. The van der Waals surface area contributed by atoms with Crippen LogP contribution in [0.25, 0.3) is 0 Å². The lowest BCUT2D eigenvalue weighted by atomic mass is 10.2. The molecule has 1 fully saturated rings. The fourth-order valence-corrected chi connectivity index (χ4v) is 2.05. The van der Waals surface area contributed by atoms with Gasteiger partial charge >= 0.3 is 0 Å². The van der Waals surface area contributed by atoms with Crippen LogP contribution in [-0.2, 0) is 17.2 Å². The van der Waals surface area contributed by atoms with Crippen molar-refractivity contribution in [1.29, 1.82) is 0 Å². The van der Waals surface area contributed by atoms with Gasteiger partial charge < -0.3 is 4.74 Å². The highest BCUT2D eigenvalue weighted by Crippen LogP contribution is 2.39. The molecular weight excluding hydrogens is 214 g/mol. The summed E-state index contributed by atoms with van der Waals surface area (Å²) in [6.45, 7) is 2.72. The molecule has 0 aromatic carbocycles. The third-order valence-corrected chi connectivity index (χ3v) is 3.22. The summed E-state index contributed by atoms with van der Waals surface area (Å²) in [5, 5.41) is 8.25.